The number of amides is 3. The van der Waals surface area contributed by atoms with Gasteiger partial charge in [0.25, 0.3) is 17.7 Å². The minimum Gasteiger partial charge on any atom is -0.481 e. The van der Waals surface area contributed by atoms with Gasteiger partial charge in [-0.25, -0.2) is 0 Å². The van der Waals surface area contributed by atoms with Crippen LogP contribution in [0, 0.1) is 0 Å². The fourth-order valence-corrected chi connectivity index (χ4v) is 4.49. The van der Waals surface area contributed by atoms with Crippen molar-refractivity contribution in [3.05, 3.63) is 82.9 Å². The number of fused-ring (bicyclic) bond motifs is 1. The van der Waals surface area contributed by atoms with Gasteiger partial charge in [0.2, 0.25) is 0 Å². The quantitative estimate of drug-likeness (QED) is 0.404. The number of imide groups is 1. The van der Waals surface area contributed by atoms with Crippen molar-refractivity contribution < 1.29 is 28.6 Å². The van der Waals surface area contributed by atoms with Gasteiger partial charge >= 0.3 is 0 Å². The van der Waals surface area contributed by atoms with E-state index in [1.807, 2.05) is 0 Å². The molecule has 1 fully saturated rings. The van der Waals surface area contributed by atoms with Crippen LogP contribution in [0.15, 0.2) is 66.7 Å². The molecule has 3 amide bonds. The molecule has 2 aliphatic heterocycles. The highest BCUT2D eigenvalue weighted by Gasteiger charge is 2.37. The van der Waals surface area contributed by atoms with E-state index < -0.39 is 6.10 Å². The molecule has 2 aliphatic rings. The average Bonchev–Trinajstić information content (AvgIpc) is 3.47. The smallest absolute Gasteiger partial charge is 0.265 e. The van der Waals surface area contributed by atoms with E-state index in [9.17, 15) is 14.4 Å². The van der Waals surface area contributed by atoms with Crippen LogP contribution in [0.3, 0.4) is 0 Å². The molecule has 37 heavy (non-hydrogen) atoms. The molecule has 0 radical (unpaired) electrons. The molecule has 2 atom stereocenters. The third-order valence-electron chi connectivity index (χ3n) is 6.17. The molecule has 5 rings (SSSR count). The van der Waals surface area contributed by atoms with Gasteiger partial charge < -0.3 is 19.5 Å². The zero-order chi connectivity index (χ0) is 25.9. The summed E-state index contributed by atoms with van der Waals surface area (Å²) in [6, 6.07) is 18.5. The molecule has 2 unspecified atom stereocenters. The Hall–Kier alpha value is -3.88. The van der Waals surface area contributed by atoms with Gasteiger partial charge in [0.05, 0.1) is 23.8 Å². The molecule has 9 heteroatoms. The molecule has 1 N–H and O–H groups in total. The molecule has 0 aromatic heterocycles. The summed E-state index contributed by atoms with van der Waals surface area (Å²) in [5, 5.41) is 3.32. The Morgan fingerprint density at radius 3 is 2.57 bits per heavy atom. The Morgan fingerprint density at radius 1 is 1.03 bits per heavy atom. The average molecular weight is 521 g/mol. The lowest BCUT2D eigenvalue weighted by Crippen LogP contribution is -2.36. The zero-order valence-electron chi connectivity index (χ0n) is 20.1. The fourth-order valence-electron chi connectivity index (χ4n) is 4.31. The van der Waals surface area contributed by atoms with Crippen LogP contribution >= 0.6 is 11.6 Å². The first-order valence-electron chi connectivity index (χ1n) is 12.0. The number of anilines is 1. The van der Waals surface area contributed by atoms with Crippen LogP contribution in [0.2, 0.25) is 5.02 Å². The summed E-state index contributed by atoms with van der Waals surface area (Å²) in [5.74, 6) is 0.335. The third kappa shape index (κ3) is 5.60. The summed E-state index contributed by atoms with van der Waals surface area (Å²) in [4.78, 5) is 39.5. The molecule has 190 valence electrons. The van der Waals surface area contributed by atoms with Gasteiger partial charge in [-0.1, -0.05) is 23.7 Å². The fraction of sp³-hybridized carbons (Fsp3) is 0.250. The van der Waals surface area contributed by atoms with Gasteiger partial charge in [0.15, 0.2) is 6.10 Å². The number of rotatable bonds is 8. The molecule has 0 bridgehead atoms. The second-order valence-electron chi connectivity index (χ2n) is 8.90. The minimum atomic E-state index is -0.763. The van der Waals surface area contributed by atoms with E-state index in [4.69, 9.17) is 25.8 Å². The number of nitrogens with one attached hydrogen (secondary N) is 1. The van der Waals surface area contributed by atoms with Crippen molar-refractivity contribution in [2.75, 3.05) is 18.5 Å². The number of halogens is 1. The van der Waals surface area contributed by atoms with E-state index >= 15 is 0 Å². The molecule has 3 aromatic rings. The number of benzene rings is 3. The summed E-state index contributed by atoms with van der Waals surface area (Å²) in [6.45, 7) is 2.55. The number of ether oxygens (including phenoxy) is 3. The van der Waals surface area contributed by atoms with Crippen LogP contribution in [-0.4, -0.2) is 48.0 Å². The maximum Gasteiger partial charge on any atom is 0.265 e. The Morgan fingerprint density at radius 2 is 1.78 bits per heavy atom. The highest BCUT2D eigenvalue weighted by Crippen LogP contribution is 2.31. The summed E-state index contributed by atoms with van der Waals surface area (Å²) >= 11 is 5.97. The maximum atomic E-state index is 12.9. The summed E-state index contributed by atoms with van der Waals surface area (Å²) < 4.78 is 17.2. The van der Waals surface area contributed by atoms with Gasteiger partial charge in [0, 0.05) is 23.4 Å². The van der Waals surface area contributed by atoms with Gasteiger partial charge in [-0.2, -0.15) is 0 Å². The molecular weight excluding hydrogens is 496 g/mol. The van der Waals surface area contributed by atoms with Gasteiger partial charge in [-0.05, 0) is 68.3 Å². The van der Waals surface area contributed by atoms with Crippen molar-refractivity contribution in [3.8, 4) is 17.2 Å². The SMILES string of the molecule is CC(Oc1cccc(Cl)c1)C(=O)Nc1cccc(Oc2ccc3c(c2)C(=O)N(CC2CCCO2)C3=O)c1. The van der Waals surface area contributed by atoms with Crippen molar-refractivity contribution in [1.82, 2.24) is 4.90 Å². The van der Waals surface area contributed by atoms with E-state index in [-0.39, 0.29) is 30.4 Å². The Kier molecular flexibility index (Phi) is 7.12. The van der Waals surface area contributed by atoms with E-state index in [1.54, 1.807) is 73.7 Å². The van der Waals surface area contributed by atoms with E-state index in [2.05, 4.69) is 5.32 Å². The Balaban J connectivity index is 1.24. The number of nitrogens with zero attached hydrogens (tertiary/aromatic N) is 1. The predicted molar refractivity (Wildman–Crippen MR) is 137 cm³/mol. The molecule has 3 aromatic carbocycles. The van der Waals surface area contributed by atoms with Crippen molar-refractivity contribution in [3.63, 3.8) is 0 Å². The van der Waals surface area contributed by atoms with Crippen molar-refractivity contribution in [2.45, 2.75) is 32.0 Å². The maximum absolute atomic E-state index is 12.9. The van der Waals surface area contributed by atoms with Crippen LogP contribution in [0.1, 0.15) is 40.5 Å². The van der Waals surface area contributed by atoms with Gasteiger partial charge in [-0.3, -0.25) is 19.3 Å². The van der Waals surface area contributed by atoms with E-state index in [1.165, 1.54) is 4.90 Å². The van der Waals surface area contributed by atoms with E-state index in [0.717, 1.165) is 12.8 Å². The minimum absolute atomic E-state index is 0.116. The van der Waals surface area contributed by atoms with Crippen LogP contribution < -0.4 is 14.8 Å². The van der Waals surface area contributed by atoms with Crippen LogP contribution in [0.25, 0.3) is 0 Å². The molecule has 2 heterocycles. The highest BCUT2D eigenvalue weighted by atomic mass is 35.5. The molecule has 1 saturated heterocycles. The largest absolute Gasteiger partial charge is 0.481 e. The highest BCUT2D eigenvalue weighted by molar-refractivity contribution is 6.30. The van der Waals surface area contributed by atoms with Crippen LogP contribution in [0.5, 0.6) is 17.2 Å². The van der Waals surface area contributed by atoms with E-state index in [0.29, 0.717) is 45.7 Å². The normalized spacial score (nSPS) is 17.5. The second-order valence-corrected chi connectivity index (χ2v) is 9.34. The Bertz CT molecular complexity index is 1350. The topological polar surface area (TPSA) is 94.2 Å². The number of carbonyl (C=O) groups excluding carboxylic acids is 3. The Labute approximate surface area is 219 Å². The molecule has 0 saturated carbocycles. The van der Waals surface area contributed by atoms with Crippen LogP contribution in [-0.2, 0) is 9.53 Å². The monoisotopic (exact) mass is 520 g/mol. The first kappa shape index (κ1) is 24.8. The van der Waals surface area contributed by atoms with Crippen LogP contribution in [0.4, 0.5) is 5.69 Å². The standard InChI is InChI=1S/C28H25ClN2O6/c1-17(36-20-7-2-5-18(29)13-20)26(32)30-19-6-3-8-21(14-19)37-22-10-11-24-25(15-22)28(34)31(27(24)33)16-23-9-4-12-35-23/h2-3,5-8,10-11,13-15,17,23H,4,9,12,16H2,1H3,(H,30,32). The lowest BCUT2D eigenvalue weighted by Gasteiger charge is -2.17. The number of hydrogen-bond donors (Lipinski definition) is 1. The van der Waals surface area contributed by atoms with Gasteiger partial charge in [0.1, 0.15) is 17.2 Å². The molecule has 8 nitrogen and oxygen atoms in total. The lowest BCUT2D eigenvalue weighted by molar-refractivity contribution is -0.122. The first-order chi connectivity index (χ1) is 17.9. The number of hydrogen-bond acceptors (Lipinski definition) is 6. The summed E-state index contributed by atoms with van der Waals surface area (Å²) in [5.41, 5.74) is 1.17. The number of carbonyl (C=O) groups is 3. The second kappa shape index (κ2) is 10.6. The summed E-state index contributed by atoms with van der Waals surface area (Å²) in [6.07, 6.45) is 0.884. The first-order valence-corrected chi connectivity index (χ1v) is 12.4. The predicted octanol–water partition coefficient (Wildman–Crippen LogP) is 5.31. The lowest BCUT2D eigenvalue weighted by atomic mass is 10.1. The van der Waals surface area contributed by atoms with Gasteiger partial charge in [-0.15, -0.1) is 0 Å². The molecular formula is C28H25ClN2O6. The molecule has 0 aliphatic carbocycles. The zero-order valence-corrected chi connectivity index (χ0v) is 20.9. The van der Waals surface area contributed by atoms with Crippen molar-refractivity contribution in [2.24, 2.45) is 0 Å². The van der Waals surface area contributed by atoms with Crippen molar-refractivity contribution >= 4 is 35.0 Å². The summed E-state index contributed by atoms with van der Waals surface area (Å²) in [7, 11) is 0. The van der Waals surface area contributed by atoms with Crippen molar-refractivity contribution in [1.29, 1.82) is 0 Å². The third-order valence-corrected chi connectivity index (χ3v) is 6.40. The molecule has 0 spiro atoms.